The van der Waals surface area contributed by atoms with Gasteiger partial charge in [-0.2, -0.15) is 0 Å². The van der Waals surface area contributed by atoms with Crippen molar-refractivity contribution in [2.75, 3.05) is 13.2 Å². The average molecular weight is 943 g/mol. The number of epoxide rings is 1. The molecule has 10 fully saturated rings. The summed E-state index contributed by atoms with van der Waals surface area (Å²) in [5.41, 5.74) is -2.74. The summed E-state index contributed by atoms with van der Waals surface area (Å²) < 4.78 is 33.1. The highest BCUT2D eigenvalue weighted by atomic mass is 16.7. The Morgan fingerprint density at radius 2 is 1.44 bits per heavy atom. The normalized spacial score (nSPS) is 60.4. The number of fused-ring (bicyclic) bond motifs is 12. The van der Waals surface area contributed by atoms with Crippen molar-refractivity contribution in [3.8, 4) is 0 Å². The van der Waals surface area contributed by atoms with E-state index in [1.807, 2.05) is 27.7 Å². The smallest absolute Gasteiger partial charge is 0.201 e. The minimum absolute atomic E-state index is 0.0332. The standard InChI is InChI=1S/C54H74N2O12/c1-25-30-16-43-52(65-43)37-12-10-28-14-34-36(19-47(28,7)50(37,62)22-39(59)49(30,52)24-64-53(25)40(60)20-44(3,4)67-53)56-33-13-27-9-11-29-31(46(27,6)18-35(33)55-34)15-38(58)48(8)32(29)17-42-51(48,63)26(2)54(66-42)41(61)21-45(5,23-57)68-54/h17,25-31,37-38,40-43,57-58,60-63H,9-16,18-24H2,1-8H3/t25?,26?,27?,28?,29-,30-,31?,37-,38-,40?,41-,42+,43-,45+,46+,47+,48-,49+,50?,51-,52-,53-,54+/m0/s1. The Labute approximate surface area is 399 Å². The van der Waals surface area contributed by atoms with Crippen molar-refractivity contribution in [2.45, 2.75) is 209 Å². The first-order valence-corrected chi connectivity index (χ1v) is 26.5. The van der Waals surface area contributed by atoms with Gasteiger partial charge in [0, 0.05) is 47.8 Å². The van der Waals surface area contributed by atoms with Gasteiger partial charge < -0.3 is 54.3 Å². The monoisotopic (exact) mass is 943 g/mol. The topological polar surface area (TPSA) is 214 Å². The second-order valence-electron chi connectivity index (χ2n) is 26.9. The predicted octanol–water partition coefficient (Wildman–Crippen LogP) is 3.83. The van der Waals surface area contributed by atoms with E-state index in [1.165, 1.54) is 0 Å². The maximum Gasteiger partial charge on any atom is 0.201 e. The number of hydrogen-bond donors (Lipinski definition) is 6. The van der Waals surface area contributed by atoms with Crippen molar-refractivity contribution in [1.82, 2.24) is 9.97 Å². The molecular weight excluding hydrogens is 869 g/mol. The molecule has 0 amide bonds. The largest absolute Gasteiger partial charge is 0.393 e. The fourth-order valence-electron chi connectivity index (χ4n) is 20.4. The molecule has 68 heavy (non-hydrogen) atoms. The van der Waals surface area contributed by atoms with Crippen LogP contribution in [0.1, 0.15) is 136 Å². The lowest BCUT2D eigenvalue weighted by molar-refractivity contribution is -0.351. The summed E-state index contributed by atoms with van der Waals surface area (Å²) in [5, 5.41) is 71.8. The first-order valence-electron chi connectivity index (χ1n) is 26.5. The maximum atomic E-state index is 15.2. The Hall–Kier alpha value is -1.95. The first-order chi connectivity index (χ1) is 31.9. The third-order valence-electron chi connectivity index (χ3n) is 24.0. The average Bonchev–Trinajstić information content (AvgIpc) is 3.40. The van der Waals surface area contributed by atoms with Crippen molar-refractivity contribution >= 4 is 5.78 Å². The summed E-state index contributed by atoms with van der Waals surface area (Å²) in [4.78, 5) is 26.2. The van der Waals surface area contributed by atoms with Gasteiger partial charge in [0.2, 0.25) is 5.79 Å². The van der Waals surface area contributed by atoms with Crippen LogP contribution in [0.4, 0.5) is 0 Å². The third kappa shape index (κ3) is 4.65. The van der Waals surface area contributed by atoms with Gasteiger partial charge in [-0.3, -0.25) is 14.8 Å². The number of hydrogen-bond acceptors (Lipinski definition) is 14. The highest BCUT2D eigenvalue weighted by molar-refractivity contribution is 5.91. The molecule has 4 spiro atoms. The number of Topliss-reactive ketones (excluding diaryl/α,β-unsaturated/α-hetero) is 1. The van der Waals surface area contributed by atoms with Gasteiger partial charge in [-0.05, 0) is 120 Å². The van der Waals surface area contributed by atoms with Crippen molar-refractivity contribution in [1.29, 1.82) is 0 Å². The number of aliphatic hydroxyl groups excluding tert-OH is 4. The number of carbonyl (C=O) groups excluding carboxylic acids is 1. The summed E-state index contributed by atoms with van der Waals surface area (Å²) in [5.74, 6) is -3.12. The molecule has 14 rings (SSSR count). The fourth-order valence-corrected chi connectivity index (χ4v) is 20.4. The van der Waals surface area contributed by atoms with Gasteiger partial charge in [-0.1, -0.05) is 46.3 Å². The highest BCUT2D eigenvalue weighted by Crippen LogP contribution is 2.79. The molecule has 0 bridgehead atoms. The lowest BCUT2D eigenvalue weighted by atomic mass is 9.41. The molecule has 0 radical (unpaired) electrons. The van der Waals surface area contributed by atoms with Crippen LogP contribution in [0.2, 0.25) is 0 Å². The molecule has 6 heterocycles. The zero-order valence-electron chi connectivity index (χ0n) is 41.2. The zero-order chi connectivity index (χ0) is 47.7. The number of ketones is 1. The molecular formula is C54H74N2O12. The maximum absolute atomic E-state index is 15.2. The molecule has 14 nitrogen and oxygen atoms in total. The highest BCUT2D eigenvalue weighted by Gasteiger charge is 2.90. The summed E-state index contributed by atoms with van der Waals surface area (Å²) in [6, 6.07) is 0. The van der Waals surface area contributed by atoms with Gasteiger partial charge in [0.05, 0.1) is 70.4 Å². The van der Waals surface area contributed by atoms with E-state index in [9.17, 15) is 30.6 Å². The molecule has 1 aromatic rings. The molecule has 5 saturated heterocycles. The van der Waals surface area contributed by atoms with Gasteiger partial charge in [0.15, 0.2) is 5.79 Å². The Morgan fingerprint density at radius 1 is 0.750 bits per heavy atom. The Kier molecular flexibility index (Phi) is 8.46. The van der Waals surface area contributed by atoms with Gasteiger partial charge in [0.1, 0.15) is 35.3 Å². The van der Waals surface area contributed by atoms with Crippen LogP contribution in [-0.4, -0.2) is 130 Å². The number of ether oxygens (including phenoxy) is 5. The Bertz CT molecular complexity index is 2490. The van der Waals surface area contributed by atoms with Crippen LogP contribution in [0, 0.1) is 69.0 Å². The quantitative estimate of drug-likeness (QED) is 0.175. The number of rotatable bonds is 1. The van der Waals surface area contributed by atoms with Crippen molar-refractivity contribution in [3.63, 3.8) is 0 Å². The molecule has 372 valence electrons. The van der Waals surface area contributed by atoms with Crippen LogP contribution in [0.15, 0.2) is 11.6 Å². The fraction of sp³-hybridized carbons (Fsp3) is 0.870. The van der Waals surface area contributed by atoms with Crippen molar-refractivity contribution < 1.29 is 59.1 Å². The lowest BCUT2D eigenvalue weighted by Crippen LogP contribution is -2.75. The molecule has 23 atom stereocenters. The number of aromatic nitrogens is 2. The minimum atomic E-state index is -1.52. The van der Waals surface area contributed by atoms with Crippen LogP contribution in [-0.2, 0) is 54.2 Å². The van der Waals surface area contributed by atoms with Crippen molar-refractivity contribution in [3.05, 3.63) is 34.4 Å². The second kappa shape index (κ2) is 12.9. The van der Waals surface area contributed by atoms with Crippen molar-refractivity contribution in [2.24, 2.45) is 69.0 Å². The molecule has 5 aliphatic heterocycles. The SMILES string of the molecule is CC1[C@@H]2C[C@@H]3O[C@@]34[C@H]3CCC5Cc6nc7c(nc6C[C@@]5(C)C3(O)CC(=O)[C@@]24CO[C@]12OC(C)(C)CC2O)CC1CC[C@@H]2C3=C[C@H]4O[C@@]5(O[C@@](C)(CO)C[C@@H]5O)C(C)[C@@]4(O)[C@]3(C)[C@@H](O)CC2[C@]1(C)C7. The summed E-state index contributed by atoms with van der Waals surface area (Å²) in [6.45, 7) is 16.1. The van der Waals surface area contributed by atoms with Gasteiger partial charge in [0.25, 0.3) is 0 Å². The van der Waals surface area contributed by atoms with E-state index in [-0.39, 0.29) is 78.9 Å². The molecule has 8 aliphatic carbocycles. The van der Waals surface area contributed by atoms with E-state index >= 15 is 4.79 Å². The number of aliphatic hydroxyl groups is 6. The van der Waals surface area contributed by atoms with E-state index < -0.39 is 86.2 Å². The van der Waals surface area contributed by atoms with Crippen LogP contribution >= 0.6 is 0 Å². The molecule has 1 aromatic heterocycles. The molecule has 14 heteroatoms. The van der Waals surface area contributed by atoms with Gasteiger partial charge in [-0.25, -0.2) is 0 Å². The minimum Gasteiger partial charge on any atom is -0.393 e. The first kappa shape index (κ1) is 44.7. The molecule has 7 unspecified atom stereocenters. The molecule has 5 saturated carbocycles. The van der Waals surface area contributed by atoms with E-state index in [2.05, 4.69) is 26.8 Å². The molecule has 13 aliphatic rings. The van der Waals surface area contributed by atoms with E-state index in [0.29, 0.717) is 38.0 Å². The third-order valence-corrected chi connectivity index (χ3v) is 24.0. The summed E-state index contributed by atoms with van der Waals surface area (Å²) >= 11 is 0. The second-order valence-corrected chi connectivity index (χ2v) is 26.9. The Balaban J connectivity index is 0.745. The van der Waals surface area contributed by atoms with Crippen LogP contribution in [0.3, 0.4) is 0 Å². The number of nitrogens with zero attached hydrogens (tertiary/aromatic N) is 2. The van der Waals surface area contributed by atoms with Crippen LogP contribution in [0.25, 0.3) is 0 Å². The summed E-state index contributed by atoms with van der Waals surface area (Å²) in [6.07, 6.45) is 6.70. The van der Waals surface area contributed by atoms with E-state index in [1.54, 1.807) is 6.92 Å². The van der Waals surface area contributed by atoms with E-state index in [0.717, 1.165) is 66.9 Å². The van der Waals surface area contributed by atoms with Crippen LogP contribution < -0.4 is 0 Å². The number of carbonyl (C=O) groups is 1. The van der Waals surface area contributed by atoms with Gasteiger partial charge >= 0.3 is 0 Å². The molecule has 6 N–H and O–H groups in total. The zero-order valence-corrected chi connectivity index (χ0v) is 41.2. The van der Waals surface area contributed by atoms with Gasteiger partial charge in [-0.15, -0.1) is 0 Å². The molecule has 0 aromatic carbocycles. The van der Waals surface area contributed by atoms with Crippen LogP contribution in [0.5, 0.6) is 0 Å². The summed E-state index contributed by atoms with van der Waals surface area (Å²) in [7, 11) is 0. The Morgan fingerprint density at radius 3 is 2.13 bits per heavy atom. The lowest BCUT2D eigenvalue weighted by Gasteiger charge is -2.65. The van der Waals surface area contributed by atoms with E-state index in [4.69, 9.17) is 33.7 Å². The predicted molar refractivity (Wildman–Crippen MR) is 241 cm³/mol.